The van der Waals surface area contributed by atoms with Crippen molar-refractivity contribution in [2.45, 2.75) is 13.3 Å². The summed E-state index contributed by atoms with van der Waals surface area (Å²) in [7, 11) is 0. The summed E-state index contributed by atoms with van der Waals surface area (Å²) in [4.78, 5) is 25.7. The van der Waals surface area contributed by atoms with Crippen LogP contribution in [0.1, 0.15) is 34.1 Å². The number of amides is 2. The predicted molar refractivity (Wildman–Crippen MR) is 141 cm³/mol. The van der Waals surface area contributed by atoms with Crippen LogP contribution >= 0.6 is 0 Å². The van der Waals surface area contributed by atoms with Crippen LogP contribution in [0.15, 0.2) is 103 Å². The zero-order valence-corrected chi connectivity index (χ0v) is 19.5. The molecule has 6 nitrogen and oxygen atoms in total. The van der Waals surface area contributed by atoms with Gasteiger partial charge in [0, 0.05) is 22.6 Å². The summed E-state index contributed by atoms with van der Waals surface area (Å²) in [5, 5.41) is 9.04. The van der Waals surface area contributed by atoms with E-state index >= 15 is 0 Å². The summed E-state index contributed by atoms with van der Waals surface area (Å²) in [6.07, 6.45) is 0.913. The number of nitrogens with one attached hydrogen (secondary N) is 3. The molecule has 0 aromatic heterocycles. The quantitative estimate of drug-likeness (QED) is 0.256. The summed E-state index contributed by atoms with van der Waals surface area (Å²) in [6, 6.07) is 31.1. The Morgan fingerprint density at radius 3 is 2.00 bits per heavy atom. The van der Waals surface area contributed by atoms with Gasteiger partial charge in [-0.25, -0.2) is 0 Å². The lowest BCUT2D eigenvalue weighted by Crippen LogP contribution is -2.18. The van der Waals surface area contributed by atoms with E-state index < -0.39 is 0 Å². The van der Waals surface area contributed by atoms with Gasteiger partial charge >= 0.3 is 0 Å². The molecule has 0 radical (unpaired) electrons. The maximum Gasteiger partial charge on any atom is 0.257 e. The standard InChI is InChI=1S/C29H27N3O3/c1-2-20-35-25-18-12-21(13-19-25)28(33)32-27-11-7-6-10-26(27)29(34)31-24-16-14-23(15-17-24)30-22-8-4-3-5-9-22/h3-19,30H,2,20H2,1H3,(H,31,34)(H,32,33). The third kappa shape index (κ3) is 6.48. The smallest absolute Gasteiger partial charge is 0.257 e. The van der Waals surface area contributed by atoms with Crippen molar-refractivity contribution in [3.63, 3.8) is 0 Å². The van der Waals surface area contributed by atoms with Crippen LogP contribution in [0.25, 0.3) is 0 Å². The second-order valence-corrected chi connectivity index (χ2v) is 7.90. The van der Waals surface area contributed by atoms with Crippen LogP contribution < -0.4 is 20.7 Å². The van der Waals surface area contributed by atoms with Crippen LogP contribution in [-0.2, 0) is 0 Å². The lowest BCUT2D eigenvalue weighted by molar-refractivity contribution is 0.102. The summed E-state index contributed by atoms with van der Waals surface area (Å²) in [6.45, 7) is 2.66. The van der Waals surface area contributed by atoms with E-state index in [4.69, 9.17) is 4.74 Å². The Morgan fingerprint density at radius 1 is 0.657 bits per heavy atom. The van der Waals surface area contributed by atoms with Gasteiger partial charge in [0.25, 0.3) is 11.8 Å². The fourth-order valence-electron chi connectivity index (χ4n) is 3.43. The van der Waals surface area contributed by atoms with Crippen LogP contribution in [0.2, 0.25) is 0 Å². The van der Waals surface area contributed by atoms with Crippen molar-refractivity contribution in [1.82, 2.24) is 0 Å². The molecule has 0 heterocycles. The molecule has 2 amide bonds. The molecule has 0 spiro atoms. The van der Waals surface area contributed by atoms with Gasteiger partial charge in [0.15, 0.2) is 0 Å². The Hall–Kier alpha value is -4.58. The van der Waals surface area contributed by atoms with Gasteiger partial charge in [0.2, 0.25) is 0 Å². The molecule has 6 heteroatoms. The van der Waals surface area contributed by atoms with E-state index in [2.05, 4.69) is 16.0 Å². The summed E-state index contributed by atoms with van der Waals surface area (Å²) >= 11 is 0. The molecule has 35 heavy (non-hydrogen) atoms. The number of carbonyl (C=O) groups excluding carboxylic acids is 2. The normalized spacial score (nSPS) is 10.3. The number of anilines is 4. The number of hydrogen-bond donors (Lipinski definition) is 3. The second kappa shape index (κ2) is 11.5. The molecule has 0 saturated heterocycles. The number of benzene rings is 4. The third-order valence-corrected chi connectivity index (χ3v) is 5.21. The average molecular weight is 466 g/mol. The molecule has 176 valence electrons. The molecule has 0 aliphatic carbocycles. The van der Waals surface area contributed by atoms with Crippen LogP contribution in [-0.4, -0.2) is 18.4 Å². The summed E-state index contributed by atoms with van der Waals surface area (Å²) in [5.41, 5.74) is 3.83. The topological polar surface area (TPSA) is 79.5 Å². The van der Waals surface area contributed by atoms with Gasteiger partial charge in [0.1, 0.15) is 5.75 Å². The molecule has 0 bridgehead atoms. The number of rotatable bonds is 9. The van der Waals surface area contributed by atoms with Crippen molar-refractivity contribution in [2.24, 2.45) is 0 Å². The van der Waals surface area contributed by atoms with E-state index in [9.17, 15) is 9.59 Å². The molecular weight excluding hydrogens is 438 g/mol. The Labute approximate surface area is 205 Å². The first-order valence-electron chi connectivity index (χ1n) is 11.5. The van der Waals surface area contributed by atoms with E-state index in [1.807, 2.05) is 61.5 Å². The average Bonchev–Trinajstić information content (AvgIpc) is 2.90. The lowest BCUT2D eigenvalue weighted by atomic mass is 10.1. The van der Waals surface area contributed by atoms with E-state index in [-0.39, 0.29) is 11.8 Å². The highest BCUT2D eigenvalue weighted by Gasteiger charge is 2.14. The molecule has 4 aromatic rings. The molecule has 4 aromatic carbocycles. The minimum absolute atomic E-state index is 0.302. The summed E-state index contributed by atoms with van der Waals surface area (Å²) in [5.74, 6) is 0.102. The Kier molecular flexibility index (Phi) is 7.76. The maximum absolute atomic E-state index is 13.0. The second-order valence-electron chi connectivity index (χ2n) is 7.90. The van der Waals surface area contributed by atoms with Crippen LogP contribution in [0.4, 0.5) is 22.7 Å². The Balaban J connectivity index is 1.41. The number of para-hydroxylation sites is 2. The molecule has 0 unspecified atom stereocenters. The molecule has 0 fully saturated rings. The van der Waals surface area contributed by atoms with Gasteiger partial charge in [-0.3, -0.25) is 9.59 Å². The van der Waals surface area contributed by atoms with Crippen molar-refractivity contribution >= 4 is 34.6 Å². The van der Waals surface area contributed by atoms with E-state index in [0.29, 0.717) is 34.9 Å². The number of carbonyl (C=O) groups is 2. The maximum atomic E-state index is 13.0. The molecule has 0 aliphatic rings. The molecule has 4 rings (SSSR count). The van der Waals surface area contributed by atoms with Gasteiger partial charge in [-0.15, -0.1) is 0 Å². The zero-order valence-electron chi connectivity index (χ0n) is 19.5. The minimum atomic E-state index is -0.312. The monoisotopic (exact) mass is 465 g/mol. The first-order chi connectivity index (χ1) is 17.1. The van der Waals surface area contributed by atoms with E-state index in [1.165, 1.54) is 0 Å². The SMILES string of the molecule is CCCOc1ccc(C(=O)Nc2ccccc2C(=O)Nc2ccc(Nc3ccccc3)cc2)cc1. The van der Waals surface area contributed by atoms with Crippen LogP contribution in [0.3, 0.4) is 0 Å². The van der Waals surface area contributed by atoms with E-state index in [0.717, 1.165) is 17.8 Å². The van der Waals surface area contributed by atoms with Crippen molar-refractivity contribution in [3.8, 4) is 5.75 Å². The van der Waals surface area contributed by atoms with Crippen LogP contribution in [0.5, 0.6) is 5.75 Å². The van der Waals surface area contributed by atoms with Gasteiger partial charge in [0.05, 0.1) is 17.9 Å². The largest absolute Gasteiger partial charge is 0.494 e. The first kappa shape index (κ1) is 23.6. The van der Waals surface area contributed by atoms with Crippen molar-refractivity contribution in [1.29, 1.82) is 0 Å². The minimum Gasteiger partial charge on any atom is -0.494 e. The van der Waals surface area contributed by atoms with Crippen LogP contribution in [0, 0.1) is 0 Å². The zero-order chi connectivity index (χ0) is 24.5. The predicted octanol–water partition coefficient (Wildman–Crippen LogP) is 6.72. The third-order valence-electron chi connectivity index (χ3n) is 5.21. The van der Waals surface area contributed by atoms with Crippen molar-refractivity contribution < 1.29 is 14.3 Å². The van der Waals surface area contributed by atoms with Gasteiger partial charge < -0.3 is 20.7 Å². The van der Waals surface area contributed by atoms with Gasteiger partial charge in [-0.2, -0.15) is 0 Å². The molecule has 0 atom stereocenters. The number of ether oxygens (including phenoxy) is 1. The van der Waals surface area contributed by atoms with E-state index in [1.54, 1.807) is 48.5 Å². The fraction of sp³-hybridized carbons (Fsp3) is 0.103. The summed E-state index contributed by atoms with van der Waals surface area (Å²) < 4.78 is 5.56. The lowest BCUT2D eigenvalue weighted by Gasteiger charge is -2.12. The van der Waals surface area contributed by atoms with Gasteiger partial charge in [-0.1, -0.05) is 37.3 Å². The highest BCUT2D eigenvalue weighted by Crippen LogP contribution is 2.22. The Bertz CT molecular complexity index is 1270. The molecule has 3 N–H and O–H groups in total. The Morgan fingerprint density at radius 2 is 1.29 bits per heavy atom. The molecule has 0 saturated carbocycles. The number of hydrogen-bond acceptors (Lipinski definition) is 4. The molecule has 0 aliphatic heterocycles. The fourth-order valence-corrected chi connectivity index (χ4v) is 3.43. The van der Waals surface area contributed by atoms with Gasteiger partial charge in [-0.05, 0) is 79.2 Å². The van der Waals surface area contributed by atoms with Crippen molar-refractivity contribution in [2.75, 3.05) is 22.6 Å². The first-order valence-corrected chi connectivity index (χ1v) is 11.5. The molecular formula is C29H27N3O3. The highest BCUT2D eigenvalue weighted by molar-refractivity contribution is 6.12. The highest BCUT2D eigenvalue weighted by atomic mass is 16.5. The van der Waals surface area contributed by atoms with Crippen molar-refractivity contribution in [3.05, 3.63) is 114 Å².